The average Bonchev–Trinajstić information content (AvgIpc) is 2.67. The second-order valence-corrected chi connectivity index (χ2v) is 1.76. The van der Waals surface area contributed by atoms with Gasteiger partial charge in [0.25, 0.3) is 0 Å². The van der Waals surface area contributed by atoms with Crippen LogP contribution in [-0.4, -0.2) is 39.1 Å². The van der Waals surface area contributed by atoms with E-state index in [1.807, 2.05) is 0 Å². The molecule has 0 amide bonds. The zero-order valence-electron chi connectivity index (χ0n) is 5.69. The van der Waals surface area contributed by atoms with Crippen molar-refractivity contribution in [1.82, 2.24) is 0 Å². The molecule has 0 saturated carbocycles. The number of nitrogens with zero attached hydrogens (tertiary/aromatic N) is 2. The Balaban J connectivity index is 0.000000167. The quantitative estimate of drug-likeness (QED) is 0.521. The summed E-state index contributed by atoms with van der Waals surface area (Å²) in [5.41, 5.74) is 0. The van der Waals surface area contributed by atoms with Crippen molar-refractivity contribution in [3.05, 3.63) is 0 Å². The summed E-state index contributed by atoms with van der Waals surface area (Å²) in [4.78, 5) is 7.47. The number of ether oxygens (including phenoxy) is 2. The van der Waals surface area contributed by atoms with Crippen molar-refractivity contribution >= 4 is 12.8 Å². The monoisotopic (exact) mass is 158 g/mol. The van der Waals surface area contributed by atoms with Crippen LogP contribution in [0.3, 0.4) is 0 Å². The molecule has 2 aliphatic rings. The summed E-state index contributed by atoms with van der Waals surface area (Å²) in [6.07, 6.45) is 2.97. The summed E-state index contributed by atoms with van der Waals surface area (Å²) < 4.78 is 9.31. The fraction of sp³-hybridized carbons (Fsp3) is 0.714. The molecule has 64 valence electrons. The predicted octanol–water partition coefficient (Wildman–Crippen LogP) is 0.726. The van der Waals surface area contributed by atoms with Gasteiger partial charge in [0.2, 0.25) is 0 Å². The van der Waals surface area contributed by atoms with Crippen molar-refractivity contribution in [2.45, 2.75) is 7.43 Å². The van der Waals surface area contributed by atoms with Crippen molar-refractivity contribution in [3.63, 3.8) is 0 Å². The molecule has 0 saturated heterocycles. The van der Waals surface area contributed by atoms with Crippen molar-refractivity contribution in [3.8, 4) is 0 Å². The topological polar surface area (TPSA) is 43.2 Å². The van der Waals surface area contributed by atoms with Crippen molar-refractivity contribution in [1.29, 1.82) is 0 Å². The van der Waals surface area contributed by atoms with Crippen LogP contribution in [0, 0.1) is 0 Å². The van der Waals surface area contributed by atoms with Crippen molar-refractivity contribution < 1.29 is 9.47 Å². The van der Waals surface area contributed by atoms with Crippen LogP contribution in [0.2, 0.25) is 0 Å². The highest BCUT2D eigenvalue weighted by Crippen LogP contribution is 1.79. The lowest BCUT2D eigenvalue weighted by Crippen LogP contribution is -1.80. The first-order valence-electron chi connectivity index (χ1n) is 3.20. The highest BCUT2D eigenvalue weighted by atomic mass is 16.5. The van der Waals surface area contributed by atoms with Gasteiger partial charge in [-0.2, -0.15) is 0 Å². The fourth-order valence-electron chi connectivity index (χ4n) is 0.527. The van der Waals surface area contributed by atoms with Gasteiger partial charge in [-0.25, -0.2) is 0 Å². The van der Waals surface area contributed by atoms with E-state index in [1.165, 1.54) is 12.8 Å². The third kappa shape index (κ3) is 5.39. The second kappa shape index (κ2) is 7.05. The van der Waals surface area contributed by atoms with E-state index < -0.39 is 0 Å². The van der Waals surface area contributed by atoms with Gasteiger partial charge in [0.1, 0.15) is 13.2 Å². The Morgan fingerprint density at radius 1 is 0.909 bits per heavy atom. The lowest BCUT2D eigenvalue weighted by molar-refractivity contribution is 0.361. The Labute approximate surface area is 66.9 Å². The normalized spacial score (nSPS) is 17.5. The molecule has 4 nitrogen and oxygen atoms in total. The summed E-state index contributed by atoms with van der Waals surface area (Å²) in [7, 11) is 0. The average molecular weight is 158 g/mol. The maximum absolute atomic E-state index is 4.65. The van der Waals surface area contributed by atoms with E-state index >= 15 is 0 Å². The second-order valence-electron chi connectivity index (χ2n) is 1.76. The van der Waals surface area contributed by atoms with Crippen LogP contribution in [0.25, 0.3) is 0 Å². The third-order valence-electron chi connectivity index (χ3n) is 0.975. The van der Waals surface area contributed by atoms with Crippen LogP contribution in [0.1, 0.15) is 7.43 Å². The number of aliphatic imine (C=N–C) groups is 2. The Morgan fingerprint density at radius 2 is 1.36 bits per heavy atom. The number of rotatable bonds is 0. The van der Waals surface area contributed by atoms with Crippen LogP contribution in [0.4, 0.5) is 0 Å². The van der Waals surface area contributed by atoms with Gasteiger partial charge < -0.3 is 9.47 Å². The zero-order valence-corrected chi connectivity index (χ0v) is 5.69. The van der Waals surface area contributed by atoms with Gasteiger partial charge in [0.05, 0.1) is 13.1 Å². The molecule has 2 heterocycles. The molecule has 0 bridgehead atoms. The first-order valence-corrected chi connectivity index (χ1v) is 3.20. The summed E-state index contributed by atoms with van der Waals surface area (Å²) in [5, 5.41) is 0. The smallest absolute Gasteiger partial charge is 0.169 e. The van der Waals surface area contributed by atoms with Crippen LogP contribution in [0.5, 0.6) is 0 Å². The van der Waals surface area contributed by atoms with Gasteiger partial charge in [0, 0.05) is 0 Å². The van der Waals surface area contributed by atoms with E-state index in [0.29, 0.717) is 0 Å². The molecule has 2 aliphatic heterocycles. The molecule has 11 heavy (non-hydrogen) atoms. The van der Waals surface area contributed by atoms with Crippen molar-refractivity contribution in [2.75, 3.05) is 26.3 Å². The maximum atomic E-state index is 4.65. The molecule has 2 rings (SSSR count). The van der Waals surface area contributed by atoms with Gasteiger partial charge in [-0.05, 0) is 0 Å². The highest BCUT2D eigenvalue weighted by Gasteiger charge is 1.85. The summed E-state index contributed by atoms with van der Waals surface area (Å²) in [6.45, 7) is 3.25. The summed E-state index contributed by atoms with van der Waals surface area (Å²) in [6, 6.07) is 0. The third-order valence-corrected chi connectivity index (χ3v) is 0.975. The van der Waals surface area contributed by atoms with E-state index in [9.17, 15) is 0 Å². The van der Waals surface area contributed by atoms with Gasteiger partial charge >= 0.3 is 0 Å². The van der Waals surface area contributed by atoms with Crippen LogP contribution < -0.4 is 0 Å². The number of hydrogen-bond acceptors (Lipinski definition) is 4. The Morgan fingerprint density at radius 3 is 1.45 bits per heavy atom. The van der Waals surface area contributed by atoms with Crippen LogP contribution in [0.15, 0.2) is 9.98 Å². The molecular formula is C7H14N2O2. The molecule has 0 N–H and O–H groups in total. The Kier molecular flexibility index (Phi) is 6.37. The largest absolute Gasteiger partial charge is 0.482 e. The lowest BCUT2D eigenvalue weighted by atomic mass is 10.8. The molecule has 0 radical (unpaired) electrons. The Hall–Kier alpha value is -1.06. The van der Waals surface area contributed by atoms with E-state index in [0.717, 1.165) is 26.3 Å². The first kappa shape index (κ1) is 9.94. The summed E-state index contributed by atoms with van der Waals surface area (Å²) >= 11 is 0. The predicted molar refractivity (Wildman–Crippen MR) is 45.4 cm³/mol. The lowest BCUT2D eigenvalue weighted by Gasteiger charge is -1.76. The van der Waals surface area contributed by atoms with Gasteiger partial charge in [0.15, 0.2) is 12.8 Å². The van der Waals surface area contributed by atoms with E-state index in [2.05, 4.69) is 19.5 Å². The van der Waals surface area contributed by atoms with Crippen LogP contribution in [-0.2, 0) is 9.47 Å². The van der Waals surface area contributed by atoms with E-state index in [4.69, 9.17) is 0 Å². The molecule has 4 heteroatoms. The molecule has 0 fully saturated rings. The van der Waals surface area contributed by atoms with Crippen LogP contribution >= 0.6 is 0 Å². The molecule has 0 aromatic carbocycles. The minimum Gasteiger partial charge on any atom is -0.482 e. The minimum absolute atomic E-state index is 0. The summed E-state index contributed by atoms with van der Waals surface area (Å²) in [5.74, 6) is 0. The standard InChI is InChI=1S/2C3H5NO.CH4/c2*1-2-5-3-4-1;/h2*3H,1-2H2;1H4. The molecular weight excluding hydrogens is 144 g/mol. The van der Waals surface area contributed by atoms with Gasteiger partial charge in [-0.3, -0.25) is 9.98 Å². The molecule has 0 aromatic rings. The van der Waals surface area contributed by atoms with E-state index in [1.54, 1.807) is 0 Å². The molecule has 0 atom stereocenters. The van der Waals surface area contributed by atoms with E-state index in [-0.39, 0.29) is 7.43 Å². The van der Waals surface area contributed by atoms with Gasteiger partial charge in [-0.1, -0.05) is 7.43 Å². The first-order chi connectivity index (χ1) is 5.00. The highest BCUT2D eigenvalue weighted by molar-refractivity contribution is 5.48. The fourth-order valence-corrected chi connectivity index (χ4v) is 0.527. The molecule has 0 aromatic heterocycles. The zero-order chi connectivity index (χ0) is 7.07. The van der Waals surface area contributed by atoms with Crippen molar-refractivity contribution in [2.24, 2.45) is 9.98 Å². The SMILES string of the molecule is C.C1=NCCO1.C1=NCCO1. The molecule has 0 unspecified atom stereocenters. The minimum atomic E-state index is 0. The Bertz CT molecular complexity index is 106. The van der Waals surface area contributed by atoms with Gasteiger partial charge in [-0.15, -0.1) is 0 Å². The molecule has 0 aliphatic carbocycles. The number of hydrogen-bond donors (Lipinski definition) is 0. The molecule has 0 spiro atoms. The maximum Gasteiger partial charge on any atom is 0.169 e.